The van der Waals surface area contributed by atoms with Crippen LogP contribution in [-0.4, -0.2) is 29.1 Å². The van der Waals surface area contributed by atoms with Crippen molar-refractivity contribution in [2.75, 3.05) is 24.5 Å². The van der Waals surface area contributed by atoms with E-state index in [1.807, 2.05) is 30.3 Å². The first-order chi connectivity index (χ1) is 14.6. The summed E-state index contributed by atoms with van der Waals surface area (Å²) in [6.07, 6.45) is 1.82. The average molecular weight is 425 g/mol. The number of nitrogens with zero attached hydrogens (tertiary/aromatic N) is 3. The van der Waals surface area contributed by atoms with E-state index in [0.29, 0.717) is 0 Å². The molecule has 1 unspecified atom stereocenters. The van der Waals surface area contributed by atoms with E-state index in [-0.39, 0.29) is 6.40 Å². The Kier molecular flexibility index (Phi) is 4.81. The highest BCUT2D eigenvalue weighted by molar-refractivity contribution is 6.30. The van der Waals surface area contributed by atoms with Crippen molar-refractivity contribution in [2.24, 2.45) is 0 Å². The molecule has 3 heterocycles. The second-order valence-electron chi connectivity index (χ2n) is 7.71. The lowest BCUT2D eigenvalue weighted by molar-refractivity contribution is 0.280. The lowest BCUT2D eigenvalue weighted by atomic mass is 10.0. The minimum Gasteiger partial charge on any atom is -0.349 e. The Morgan fingerprint density at radius 2 is 1.72 bits per heavy atom. The molecule has 0 radical (unpaired) electrons. The van der Waals surface area contributed by atoms with Crippen molar-refractivity contribution in [3.8, 4) is 0 Å². The van der Waals surface area contributed by atoms with Crippen molar-refractivity contribution < 1.29 is 1.37 Å². The van der Waals surface area contributed by atoms with Gasteiger partial charge >= 0.3 is 0 Å². The van der Waals surface area contributed by atoms with Gasteiger partial charge in [0.2, 0.25) is 0 Å². The van der Waals surface area contributed by atoms with Gasteiger partial charge in [0.1, 0.15) is 5.82 Å². The summed E-state index contributed by atoms with van der Waals surface area (Å²) in [7, 11) is 0. The predicted molar refractivity (Wildman–Crippen MR) is 121 cm³/mol. The molecule has 5 heteroatoms. The fourth-order valence-corrected chi connectivity index (χ4v) is 4.62. The van der Waals surface area contributed by atoms with E-state index in [4.69, 9.17) is 24.6 Å². The molecule has 2 aromatic carbocycles. The number of benzene rings is 2. The van der Waals surface area contributed by atoms with Crippen LogP contribution in [0.4, 0.5) is 5.82 Å². The average Bonchev–Trinajstić information content (AvgIpc) is 3.19. The molecule has 0 aliphatic carbocycles. The smallest absolute Gasteiger partial charge is 0.113 e. The van der Waals surface area contributed by atoms with Crippen molar-refractivity contribution >= 4 is 34.7 Å². The zero-order valence-corrected chi connectivity index (χ0v) is 17.6. The maximum atomic E-state index is 8.84. The Balaban J connectivity index is 1.40. The minimum atomic E-state index is -0.267. The number of aromatic nitrogens is 1. The van der Waals surface area contributed by atoms with Crippen LogP contribution in [0.25, 0.3) is 5.70 Å². The quantitative estimate of drug-likeness (QED) is 0.513. The maximum Gasteiger partial charge on any atom is 0.113 e. The van der Waals surface area contributed by atoms with Crippen molar-refractivity contribution in [1.82, 2.24) is 9.47 Å². The highest BCUT2D eigenvalue weighted by atomic mass is 35.5. The largest absolute Gasteiger partial charge is 0.349 e. The summed E-state index contributed by atoms with van der Waals surface area (Å²) in [6, 6.07) is 20.3. The molecule has 1 atom stereocenters. The predicted octanol–water partition coefficient (Wildman–Crippen LogP) is 5.93. The first-order valence-corrected chi connectivity index (χ1v) is 10.6. The summed E-state index contributed by atoms with van der Waals surface area (Å²) in [4.78, 5) is 4.74. The third kappa shape index (κ3) is 3.95. The summed E-state index contributed by atoms with van der Waals surface area (Å²) in [5.41, 5.74) is 4.88. The van der Waals surface area contributed by atoms with Crippen LogP contribution in [-0.2, 0) is 13.1 Å². The van der Waals surface area contributed by atoms with Crippen LogP contribution >= 0.6 is 23.2 Å². The van der Waals surface area contributed by atoms with E-state index >= 15 is 0 Å². The van der Waals surface area contributed by atoms with Gasteiger partial charge in [-0.25, -0.2) is 0 Å². The SMILES string of the molecule is [2H]C1CN(Cc2cccc(Cl)c2)CC2=C1n1cccc1N(Cc1ccc(Cl)cc1)C2. The molecule has 3 aromatic rings. The third-order valence-corrected chi connectivity index (χ3v) is 6.08. The Hall–Kier alpha value is -2.20. The normalized spacial score (nSPS) is 19.7. The van der Waals surface area contributed by atoms with Gasteiger partial charge in [-0.1, -0.05) is 47.5 Å². The molecular formula is C24H23Cl2N3. The van der Waals surface area contributed by atoms with Crippen LogP contribution in [0.3, 0.4) is 0 Å². The van der Waals surface area contributed by atoms with Crippen molar-refractivity contribution in [2.45, 2.75) is 19.5 Å². The molecule has 29 heavy (non-hydrogen) atoms. The Morgan fingerprint density at radius 1 is 0.862 bits per heavy atom. The Labute approximate surface area is 183 Å². The second kappa shape index (κ2) is 7.91. The molecule has 2 aliphatic heterocycles. The Morgan fingerprint density at radius 3 is 2.55 bits per heavy atom. The highest BCUT2D eigenvalue weighted by Crippen LogP contribution is 2.35. The van der Waals surface area contributed by atoms with Crippen LogP contribution < -0.4 is 4.90 Å². The molecule has 1 aromatic heterocycles. The summed E-state index contributed by atoms with van der Waals surface area (Å²) >= 11 is 12.2. The zero-order chi connectivity index (χ0) is 20.7. The molecular weight excluding hydrogens is 401 g/mol. The molecule has 0 saturated carbocycles. The molecule has 0 saturated heterocycles. The fraction of sp³-hybridized carbons (Fsp3) is 0.250. The number of hydrogen-bond acceptors (Lipinski definition) is 2. The maximum absolute atomic E-state index is 8.84. The van der Waals surface area contributed by atoms with E-state index in [9.17, 15) is 0 Å². The van der Waals surface area contributed by atoms with E-state index in [1.54, 1.807) is 0 Å². The van der Waals surface area contributed by atoms with Gasteiger partial charge in [0.15, 0.2) is 0 Å². The monoisotopic (exact) mass is 424 g/mol. The van der Waals surface area contributed by atoms with E-state index in [0.717, 1.165) is 54.3 Å². The molecule has 5 rings (SSSR count). The second-order valence-corrected chi connectivity index (χ2v) is 8.58. The van der Waals surface area contributed by atoms with Crippen LogP contribution in [0.15, 0.2) is 72.4 Å². The number of anilines is 1. The molecule has 148 valence electrons. The topological polar surface area (TPSA) is 11.4 Å². The summed E-state index contributed by atoms with van der Waals surface area (Å²) in [5.74, 6) is 1.16. The lowest BCUT2D eigenvalue weighted by Crippen LogP contribution is -2.40. The summed E-state index contributed by atoms with van der Waals surface area (Å²) in [5, 5.41) is 1.52. The lowest BCUT2D eigenvalue weighted by Gasteiger charge is -2.39. The van der Waals surface area contributed by atoms with E-state index < -0.39 is 0 Å². The number of rotatable bonds is 4. The highest BCUT2D eigenvalue weighted by Gasteiger charge is 2.28. The molecule has 2 aliphatic rings. The standard InChI is InChI=1S/C24H23Cl2N3/c25-21-8-6-18(7-9-21)15-28-17-20-16-27(14-19-3-1-4-22(26)13-19)12-10-23(20)29-11-2-5-24(28)29/h1-9,11,13H,10,12,14-17H2/i10D. The van der Waals surface area contributed by atoms with Crippen LogP contribution in [0.1, 0.15) is 18.9 Å². The van der Waals surface area contributed by atoms with E-state index in [1.165, 1.54) is 16.7 Å². The molecule has 0 spiro atoms. The fourth-order valence-electron chi connectivity index (χ4n) is 4.28. The van der Waals surface area contributed by atoms with Gasteiger partial charge < -0.3 is 9.47 Å². The molecule has 3 nitrogen and oxygen atoms in total. The molecule has 0 amide bonds. The number of hydrogen-bond donors (Lipinski definition) is 0. The van der Waals surface area contributed by atoms with Gasteiger partial charge in [0.25, 0.3) is 0 Å². The van der Waals surface area contributed by atoms with Gasteiger partial charge in [-0.05, 0) is 53.1 Å². The van der Waals surface area contributed by atoms with Gasteiger partial charge in [-0.3, -0.25) is 4.90 Å². The first kappa shape index (κ1) is 17.6. The number of halogens is 2. The van der Waals surface area contributed by atoms with Gasteiger partial charge in [-0.15, -0.1) is 0 Å². The van der Waals surface area contributed by atoms with Crippen LogP contribution in [0.5, 0.6) is 0 Å². The summed E-state index contributed by atoms with van der Waals surface area (Å²) in [6.45, 7) is 4.05. The van der Waals surface area contributed by atoms with Crippen LogP contribution in [0, 0.1) is 0 Å². The first-order valence-electron chi connectivity index (χ1n) is 10.4. The molecule has 0 bridgehead atoms. The van der Waals surface area contributed by atoms with Crippen LogP contribution in [0.2, 0.25) is 10.0 Å². The van der Waals surface area contributed by atoms with Crippen molar-refractivity contribution in [3.05, 3.63) is 93.6 Å². The summed E-state index contributed by atoms with van der Waals surface area (Å²) < 4.78 is 11.0. The number of fused-ring (bicyclic) bond motifs is 2. The van der Waals surface area contributed by atoms with Gasteiger partial charge in [0, 0.05) is 62.4 Å². The van der Waals surface area contributed by atoms with Crippen molar-refractivity contribution in [3.63, 3.8) is 0 Å². The zero-order valence-electron chi connectivity index (χ0n) is 17.1. The molecule has 0 fully saturated rings. The van der Waals surface area contributed by atoms with E-state index in [2.05, 4.69) is 50.9 Å². The van der Waals surface area contributed by atoms with Gasteiger partial charge in [-0.2, -0.15) is 0 Å². The third-order valence-electron chi connectivity index (χ3n) is 5.59. The van der Waals surface area contributed by atoms with Gasteiger partial charge in [0.05, 0.1) is 0 Å². The molecule has 0 N–H and O–H groups in total. The Bertz CT molecular complexity index is 1090. The minimum absolute atomic E-state index is 0.267. The van der Waals surface area contributed by atoms with Crippen molar-refractivity contribution in [1.29, 1.82) is 0 Å².